The van der Waals surface area contributed by atoms with Gasteiger partial charge in [0.25, 0.3) is 5.56 Å². The Morgan fingerprint density at radius 2 is 2.17 bits per heavy atom. The number of amides is 1. The summed E-state index contributed by atoms with van der Waals surface area (Å²) in [5.41, 5.74) is -0.457. The first-order chi connectivity index (χ1) is 11.0. The van der Waals surface area contributed by atoms with E-state index in [0.29, 0.717) is 15.3 Å². The number of aryl methyl sites for hydroxylation is 1. The van der Waals surface area contributed by atoms with Crippen molar-refractivity contribution in [2.75, 3.05) is 5.32 Å². The number of carbonyl (C=O) groups is 1. The van der Waals surface area contributed by atoms with Crippen molar-refractivity contribution in [1.29, 1.82) is 0 Å². The van der Waals surface area contributed by atoms with E-state index in [1.54, 1.807) is 0 Å². The standard InChI is InChI=1S/C14H11FN4O3S/c15-8-1-2-9-10(7-8)23-13(16-9)17-11(20)3-5-19-6-4-12(21)18-14(19)22/h1-2,4,6-7H,3,5H2,(H,16,17,20)(H,18,21,22). The number of nitrogens with one attached hydrogen (secondary N) is 2. The third-order valence-corrected chi connectivity index (χ3v) is 4.01. The molecule has 0 saturated carbocycles. The molecule has 7 nitrogen and oxygen atoms in total. The van der Waals surface area contributed by atoms with Crippen LogP contribution in [0, 0.1) is 5.82 Å². The van der Waals surface area contributed by atoms with E-state index in [1.165, 1.54) is 46.4 Å². The van der Waals surface area contributed by atoms with Crippen molar-refractivity contribution in [2.24, 2.45) is 0 Å². The zero-order valence-corrected chi connectivity index (χ0v) is 12.5. The fraction of sp³-hybridized carbons (Fsp3) is 0.143. The zero-order chi connectivity index (χ0) is 16.4. The summed E-state index contributed by atoms with van der Waals surface area (Å²) < 4.78 is 15.0. The van der Waals surface area contributed by atoms with Gasteiger partial charge >= 0.3 is 5.69 Å². The fourth-order valence-corrected chi connectivity index (χ4v) is 2.88. The molecule has 0 aliphatic carbocycles. The summed E-state index contributed by atoms with van der Waals surface area (Å²) in [5.74, 6) is -0.695. The molecular formula is C14H11FN4O3S. The average molecular weight is 334 g/mol. The maximum Gasteiger partial charge on any atom is 0.328 e. The largest absolute Gasteiger partial charge is 0.328 e. The molecule has 9 heteroatoms. The van der Waals surface area contributed by atoms with Crippen molar-refractivity contribution in [2.45, 2.75) is 13.0 Å². The first kappa shape index (κ1) is 15.1. The number of carbonyl (C=O) groups excluding carboxylic acids is 1. The summed E-state index contributed by atoms with van der Waals surface area (Å²) in [7, 11) is 0. The molecule has 2 heterocycles. The Hall–Kier alpha value is -2.81. The highest BCUT2D eigenvalue weighted by Crippen LogP contribution is 2.26. The molecule has 23 heavy (non-hydrogen) atoms. The van der Waals surface area contributed by atoms with Crippen LogP contribution >= 0.6 is 11.3 Å². The number of nitrogens with zero attached hydrogens (tertiary/aromatic N) is 2. The van der Waals surface area contributed by atoms with E-state index in [1.807, 2.05) is 0 Å². The molecule has 0 aliphatic heterocycles. The van der Waals surface area contributed by atoms with Gasteiger partial charge < -0.3 is 9.88 Å². The summed E-state index contributed by atoms with van der Waals surface area (Å²) >= 11 is 1.17. The number of hydrogen-bond donors (Lipinski definition) is 2. The number of aromatic nitrogens is 3. The Morgan fingerprint density at radius 3 is 2.96 bits per heavy atom. The number of anilines is 1. The number of aromatic amines is 1. The molecule has 0 bridgehead atoms. The molecule has 0 atom stereocenters. The van der Waals surface area contributed by atoms with Crippen molar-refractivity contribution >= 4 is 32.6 Å². The van der Waals surface area contributed by atoms with Crippen LogP contribution in [0.2, 0.25) is 0 Å². The molecule has 0 fully saturated rings. The van der Waals surface area contributed by atoms with E-state index < -0.39 is 11.2 Å². The van der Waals surface area contributed by atoms with Gasteiger partial charge in [-0.05, 0) is 18.2 Å². The van der Waals surface area contributed by atoms with E-state index in [2.05, 4.69) is 15.3 Å². The minimum Gasteiger partial charge on any atom is -0.302 e. The second kappa shape index (κ2) is 6.13. The van der Waals surface area contributed by atoms with E-state index in [0.717, 1.165) is 0 Å². The van der Waals surface area contributed by atoms with E-state index >= 15 is 0 Å². The normalized spacial score (nSPS) is 10.8. The van der Waals surface area contributed by atoms with Crippen molar-refractivity contribution in [1.82, 2.24) is 14.5 Å². The summed E-state index contributed by atoms with van der Waals surface area (Å²) in [6, 6.07) is 5.40. The summed E-state index contributed by atoms with van der Waals surface area (Å²) in [6.45, 7) is 0.126. The monoisotopic (exact) mass is 334 g/mol. The molecular weight excluding hydrogens is 323 g/mol. The lowest BCUT2D eigenvalue weighted by Gasteiger charge is -2.04. The van der Waals surface area contributed by atoms with Crippen LogP contribution < -0.4 is 16.6 Å². The van der Waals surface area contributed by atoms with Crippen molar-refractivity contribution in [3.8, 4) is 0 Å². The van der Waals surface area contributed by atoms with Crippen molar-refractivity contribution in [3.05, 3.63) is 57.1 Å². The van der Waals surface area contributed by atoms with E-state index in [4.69, 9.17) is 0 Å². The lowest BCUT2D eigenvalue weighted by Crippen LogP contribution is -2.29. The van der Waals surface area contributed by atoms with Gasteiger partial charge in [-0.3, -0.25) is 14.6 Å². The SMILES string of the molecule is O=C(CCn1ccc(=O)[nH]c1=O)Nc1nc2ccc(F)cc2s1. The minimum atomic E-state index is -0.569. The van der Waals surface area contributed by atoms with Gasteiger partial charge in [-0.25, -0.2) is 14.2 Å². The Labute approximate surface area is 132 Å². The topological polar surface area (TPSA) is 96.9 Å². The van der Waals surface area contributed by atoms with Crippen LogP contribution in [0.5, 0.6) is 0 Å². The number of benzene rings is 1. The summed E-state index contributed by atoms with van der Waals surface area (Å²) in [6.07, 6.45) is 1.37. The lowest BCUT2D eigenvalue weighted by molar-refractivity contribution is -0.116. The number of thiazole rings is 1. The lowest BCUT2D eigenvalue weighted by atomic mass is 10.3. The first-order valence-electron chi connectivity index (χ1n) is 6.67. The molecule has 3 rings (SSSR count). The van der Waals surface area contributed by atoms with Crippen LogP contribution in [-0.4, -0.2) is 20.4 Å². The number of rotatable bonds is 4. The Bertz CT molecular complexity index is 991. The van der Waals surface area contributed by atoms with Gasteiger partial charge in [0.2, 0.25) is 5.91 Å². The zero-order valence-electron chi connectivity index (χ0n) is 11.7. The van der Waals surface area contributed by atoms with Gasteiger partial charge in [-0.15, -0.1) is 0 Å². The van der Waals surface area contributed by atoms with Gasteiger partial charge in [0.1, 0.15) is 5.82 Å². The van der Waals surface area contributed by atoms with E-state index in [9.17, 15) is 18.8 Å². The molecule has 2 N–H and O–H groups in total. The molecule has 0 aliphatic rings. The Kier molecular flexibility index (Phi) is 4.02. The third-order valence-electron chi connectivity index (χ3n) is 3.07. The predicted molar refractivity (Wildman–Crippen MR) is 84.1 cm³/mol. The fourth-order valence-electron chi connectivity index (χ4n) is 1.98. The number of fused-ring (bicyclic) bond motifs is 1. The van der Waals surface area contributed by atoms with E-state index in [-0.39, 0.29) is 24.7 Å². The molecule has 0 spiro atoms. The van der Waals surface area contributed by atoms with Gasteiger partial charge in [0.05, 0.1) is 10.2 Å². The smallest absolute Gasteiger partial charge is 0.302 e. The number of halogens is 1. The van der Waals surface area contributed by atoms with Gasteiger partial charge in [0, 0.05) is 25.2 Å². The Morgan fingerprint density at radius 1 is 1.35 bits per heavy atom. The molecule has 0 unspecified atom stereocenters. The first-order valence-corrected chi connectivity index (χ1v) is 7.48. The third kappa shape index (κ3) is 3.51. The minimum absolute atomic E-state index is 0.0379. The molecule has 2 aromatic heterocycles. The van der Waals surface area contributed by atoms with Gasteiger partial charge in [0.15, 0.2) is 5.13 Å². The molecule has 1 aromatic carbocycles. The van der Waals surface area contributed by atoms with Crippen molar-refractivity contribution in [3.63, 3.8) is 0 Å². The number of H-pyrrole nitrogens is 1. The summed E-state index contributed by atoms with van der Waals surface area (Å²) in [4.78, 5) is 40.6. The second-order valence-corrected chi connectivity index (χ2v) is 5.76. The highest BCUT2D eigenvalue weighted by molar-refractivity contribution is 7.22. The molecule has 0 saturated heterocycles. The van der Waals surface area contributed by atoms with Crippen LogP contribution in [0.25, 0.3) is 10.2 Å². The highest BCUT2D eigenvalue weighted by atomic mass is 32.1. The maximum absolute atomic E-state index is 13.1. The van der Waals surface area contributed by atoms with Gasteiger partial charge in [-0.1, -0.05) is 11.3 Å². The average Bonchev–Trinajstić information content (AvgIpc) is 2.87. The molecule has 3 aromatic rings. The van der Waals surface area contributed by atoms with Crippen LogP contribution in [0.1, 0.15) is 6.42 Å². The van der Waals surface area contributed by atoms with Crippen molar-refractivity contribution < 1.29 is 9.18 Å². The van der Waals surface area contributed by atoms with Crippen LogP contribution in [0.3, 0.4) is 0 Å². The second-order valence-electron chi connectivity index (χ2n) is 4.73. The predicted octanol–water partition coefficient (Wildman–Crippen LogP) is 1.31. The molecule has 1 amide bonds. The number of hydrogen-bond acceptors (Lipinski definition) is 5. The van der Waals surface area contributed by atoms with Gasteiger partial charge in [-0.2, -0.15) is 0 Å². The Balaban J connectivity index is 1.66. The molecule has 0 radical (unpaired) electrons. The van der Waals surface area contributed by atoms with Crippen LogP contribution in [0.4, 0.5) is 9.52 Å². The summed E-state index contributed by atoms with van der Waals surface area (Å²) in [5, 5.41) is 2.98. The molecule has 118 valence electrons. The van der Waals surface area contributed by atoms with Crippen LogP contribution in [-0.2, 0) is 11.3 Å². The maximum atomic E-state index is 13.1. The van der Waals surface area contributed by atoms with Crippen LogP contribution in [0.15, 0.2) is 40.1 Å². The quantitative estimate of drug-likeness (QED) is 0.752. The highest BCUT2D eigenvalue weighted by Gasteiger charge is 2.09.